The van der Waals surface area contributed by atoms with Gasteiger partial charge in [-0.1, -0.05) is 51.5 Å². The maximum absolute atomic E-state index is 13.8. The molecule has 0 nitrogen and oxygen atoms in total. The largest absolute Gasteiger partial charge is 0.385 e. The fourth-order valence-electron chi connectivity index (χ4n) is 3.00. The molecule has 0 aliphatic carbocycles. The first-order valence-electron chi connectivity index (χ1n) is 10.5. The molecule has 0 N–H and O–H groups in total. The van der Waals surface area contributed by atoms with E-state index in [1.807, 2.05) is 6.92 Å². The highest BCUT2D eigenvalue weighted by molar-refractivity contribution is 5.18. The molecule has 36 heavy (non-hydrogen) atoms. The number of hydrogen-bond acceptors (Lipinski definition) is 0. The van der Waals surface area contributed by atoms with E-state index in [0.717, 1.165) is 6.42 Å². The predicted molar refractivity (Wildman–Crippen MR) is 97.0 cm³/mol. The monoisotopic (exact) mass is 568 g/mol. The van der Waals surface area contributed by atoms with Crippen LogP contribution in [-0.4, -0.2) is 47.4 Å². The average Bonchev–Trinajstić information content (AvgIpc) is 2.71. The van der Waals surface area contributed by atoms with Crippen LogP contribution in [0.2, 0.25) is 0 Å². The molecule has 0 atom stereocenters. The third kappa shape index (κ3) is 5.70. The van der Waals surface area contributed by atoms with Crippen LogP contribution in [0.4, 0.5) is 70.2 Å². The number of allylic oxidation sites excluding steroid dienone is 2. The maximum atomic E-state index is 13.8. The van der Waals surface area contributed by atoms with Gasteiger partial charge in [0.15, 0.2) is 0 Å². The Hall–Kier alpha value is -1.38. The Morgan fingerprint density at radius 1 is 0.444 bits per heavy atom. The first-order chi connectivity index (χ1) is 15.9. The summed E-state index contributed by atoms with van der Waals surface area (Å²) >= 11 is 0. The van der Waals surface area contributed by atoms with Crippen LogP contribution in [0.25, 0.3) is 0 Å². The van der Waals surface area contributed by atoms with Crippen molar-refractivity contribution >= 4 is 0 Å². The molecule has 0 bridgehead atoms. The van der Waals surface area contributed by atoms with Gasteiger partial charge >= 0.3 is 47.4 Å². The van der Waals surface area contributed by atoms with Gasteiger partial charge in [0.25, 0.3) is 0 Å². The highest BCUT2D eigenvalue weighted by Crippen LogP contribution is 2.64. The molecule has 0 amide bonds. The lowest BCUT2D eigenvalue weighted by Gasteiger charge is -2.43. The number of hydrogen-bond donors (Lipinski definition) is 0. The van der Waals surface area contributed by atoms with Crippen LogP contribution in [-0.2, 0) is 0 Å². The van der Waals surface area contributed by atoms with Crippen molar-refractivity contribution in [3.05, 3.63) is 12.2 Å². The lowest BCUT2D eigenvalue weighted by atomic mass is 9.86. The molecule has 16 heteroatoms. The van der Waals surface area contributed by atoms with Crippen LogP contribution >= 0.6 is 0 Å². The van der Waals surface area contributed by atoms with Crippen LogP contribution in [0, 0.1) is 0 Å². The van der Waals surface area contributed by atoms with Crippen molar-refractivity contribution in [3.8, 4) is 0 Å². The van der Waals surface area contributed by atoms with E-state index in [0.29, 0.717) is 26.2 Å². The second-order valence-electron chi connectivity index (χ2n) is 8.15. The van der Waals surface area contributed by atoms with Gasteiger partial charge in [0.1, 0.15) is 0 Å². The van der Waals surface area contributed by atoms with Gasteiger partial charge in [-0.2, -0.15) is 70.2 Å². The third-order valence-electron chi connectivity index (χ3n) is 5.32. The van der Waals surface area contributed by atoms with Crippen molar-refractivity contribution in [3.63, 3.8) is 0 Å². The third-order valence-corrected chi connectivity index (χ3v) is 5.32. The van der Waals surface area contributed by atoms with Crippen LogP contribution in [0.15, 0.2) is 12.2 Å². The topological polar surface area (TPSA) is 0 Å². The van der Waals surface area contributed by atoms with Gasteiger partial charge in [-0.25, -0.2) is 0 Å². The van der Waals surface area contributed by atoms with Gasteiger partial charge < -0.3 is 0 Å². The Labute approximate surface area is 196 Å². The average molecular weight is 568 g/mol. The SMILES string of the molecule is C/C=C/C(F)(F)C(F)(F)C(F)(F)C(F)(F)C(F)(F)C(F)(F)C(F)(F)C(F)(F)CCCCCCCCC. The normalized spacial score (nSPS) is 15.7. The molecule has 0 spiro atoms. The minimum absolute atomic E-state index is 0.118. The maximum Gasteiger partial charge on any atom is 0.385 e. The molecule has 0 radical (unpaired) electrons. The predicted octanol–water partition coefficient (Wildman–Crippen LogP) is 9.79. The molecule has 0 aromatic rings. The zero-order valence-corrected chi connectivity index (χ0v) is 18.9. The molecule has 0 fully saturated rings. The Bertz CT molecular complexity index is 723. The molecule has 0 unspecified atom stereocenters. The van der Waals surface area contributed by atoms with Crippen LogP contribution in [0.5, 0.6) is 0 Å². The van der Waals surface area contributed by atoms with E-state index in [1.165, 1.54) is 0 Å². The molecule has 0 aliphatic rings. The molecule has 0 aromatic carbocycles. The van der Waals surface area contributed by atoms with E-state index < -0.39 is 66.3 Å². The fraction of sp³-hybridized carbons (Fsp3) is 0.900. The summed E-state index contributed by atoms with van der Waals surface area (Å²) in [6.07, 6.45) is -2.29. The van der Waals surface area contributed by atoms with Gasteiger partial charge in [0, 0.05) is 6.42 Å². The van der Waals surface area contributed by atoms with Gasteiger partial charge in [0.2, 0.25) is 0 Å². The summed E-state index contributed by atoms with van der Waals surface area (Å²) < 4.78 is 219. The van der Waals surface area contributed by atoms with Crippen molar-refractivity contribution in [2.45, 2.75) is 113 Å². The van der Waals surface area contributed by atoms with Gasteiger partial charge in [-0.15, -0.1) is 0 Å². The summed E-state index contributed by atoms with van der Waals surface area (Å²) in [6, 6.07) is 0. The zero-order valence-electron chi connectivity index (χ0n) is 18.9. The van der Waals surface area contributed by atoms with Crippen molar-refractivity contribution < 1.29 is 70.2 Å². The molecule has 0 rings (SSSR count). The van der Waals surface area contributed by atoms with E-state index in [-0.39, 0.29) is 18.9 Å². The Kier molecular flexibility index (Phi) is 10.7. The summed E-state index contributed by atoms with van der Waals surface area (Å²) in [5.74, 6) is -60.5. The minimum Gasteiger partial charge on any atom is -0.200 e. The zero-order chi connectivity index (χ0) is 29.1. The number of unbranched alkanes of at least 4 members (excludes halogenated alkanes) is 6. The summed E-state index contributed by atoms with van der Waals surface area (Å²) in [6.45, 7) is 2.28. The van der Waals surface area contributed by atoms with E-state index in [9.17, 15) is 70.2 Å². The molecule has 0 aromatic heterocycles. The molecule has 0 saturated heterocycles. The van der Waals surface area contributed by atoms with Crippen LogP contribution in [0.1, 0.15) is 65.2 Å². The number of rotatable bonds is 16. The Morgan fingerprint density at radius 2 is 0.778 bits per heavy atom. The number of alkyl halides is 16. The summed E-state index contributed by atoms with van der Waals surface area (Å²) in [7, 11) is 0. The molecular formula is C20H24F16. The van der Waals surface area contributed by atoms with E-state index >= 15 is 0 Å². The molecule has 0 aliphatic heterocycles. The number of halogens is 16. The lowest BCUT2D eigenvalue weighted by molar-refractivity contribution is -0.451. The second-order valence-corrected chi connectivity index (χ2v) is 8.15. The second kappa shape index (κ2) is 11.2. The van der Waals surface area contributed by atoms with Gasteiger partial charge in [-0.3, -0.25) is 0 Å². The van der Waals surface area contributed by atoms with Crippen molar-refractivity contribution in [2.75, 3.05) is 0 Å². The van der Waals surface area contributed by atoms with Gasteiger partial charge in [0.05, 0.1) is 0 Å². The Balaban J connectivity index is 6.13. The molecule has 0 saturated carbocycles. The summed E-state index contributed by atoms with van der Waals surface area (Å²) in [5.41, 5.74) is 0. The van der Waals surface area contributed by atoms with Gasteiger partial charge in [-0.05, 0) is 19.4 Å². The fourth-order valence-corrected chi connectivity index (χ4v) is 3.00. The first kappa shape index (κ1) is 34.6. The summed E-state index contributed by atoms with van der Waals surface area (Å²) in [5, 5.41) is 0. The van der Waals surface area contributed by atoms with Crippen LogP contribution in [0.3, 0.4) is 0 Å². The quantitative estimate of drug-likeness (QED) is 0.0988. The molecule has 0 heterocycles. The standard InChI is InChI=1S/C20H24F16/c1-3-5-6-7-8-9-10-12-14(23,24)16(27,28)18(31,32)20(35,36)19(33,34)17(29,30)15(25,26)13(21,22)11-4-2/h4,11H,3,5-10,12H2,1-2H3/b11-4+. The van der Waals surface area contributed by atoms with E-state index in [1.54, 1.807) is 0 Å². The van der Waals surface area contributed by atoms with E-state index in [4.69, 9.17) is 0 Å². The first-order valence-corrected chi connectivity index (χ1v) is 10.5. The van der Waals surface area contributed by atoms with Crippen molar-refractivity contribution in [2.24, 2.45) is 0 Å². The highest BCUT2D eigenvalue weighted by atomic mass is 19.4. The highest BCUT2D eigenvalue weighted by Gasteiger charge is 2.94. The minimum atomic E-state index is -8.36. The van der Waals surface area contributed by atoms with Crippen molar-refractivity contribution in [1.29, 1.82) is 0 Å². The molecule has 216 valence electrons. The smallest absolute Gasteiger partial charge is 0.200 e. The molecular weight excluding hydrogens is 544 g/mol. The Morgan fingerprint density at radius 3 is 1.17 bits per heavy atom. The van der Waals surface area contributed by atoms with E-state index in [2.05, 4.69) is 0 Å². The summed E-state index contributed by atoms with van der Waals surface area (Å²) in [4.78, 5) is 0. The lowest BCUT2D eigenvalue weighted by Crippen LogP contribution is -2.74. The van der Waals surface area contributed by atoms with Crippen LogP contribution < -0.4 is 0 Å². The van der Waals surface area contributed by atoms with Crippen molar-refractivity contribution in [1.82, 2.24) is 0 Å².